The van der Waals surface area contributed by atoms with E-state index in [0.717, 1.165) is 18.5 Å². The first kappa shape index (κ1) is 18.7. The molecule has 0 atom stereocenters. The summed E-state index contributed by atoms with van der Waals surface area (Å²) in [5.74, 6) is 0. The normalized spacial score (nSPS) is 12.4. The fourth-order valence-electron chi connectivity index (χ4n) is 1.74. The van der Waals surface area contributed by atoms with E-state index in [9.17, 15) is 8.42 Å². The Hall–Kier alpha value is -0.330. The number of rotatable bonds is 7. The van der Waals surface area contributed by atoms with Crippen molar-refractivity contribution in [2.24, 2.45) is 0 Å². The zero-order valence-corrected chi connectivity index (χ0v) is 15.1. The van der Waals surface area contributed by atoms with Gasteiger partial charge < -0.3 is 5.32 Å². The number of nitrogens with zero attached hydrogens (tertiary/aromatic N) is 1. The first-order chi connectivity index (χ1) is 9.71. The third-order valence-corrected chi connectivity index (χ3v) is 6.08. The quantitative estimate of drug-likeness (QED) is 0.763. The second-order valence-corrected chi connectivity index (χ2v) is 7.95. The second-order valence-electron chi connectivity index (χ2n) is 5.17. The van der Waals surface area contributed by atoms with Gasteiger partial charge in [0, 0.05) is 24.7 Å². The Morgan fingerprint density at radius 3 is 2.38 bits per heavy atom. The largest absolute Gasteiger partial charge is 0.313 e. The lowest BCUT2D eigenvalue weighted by Gasteiger charge is -2.22. The van der Waals surface area contributed by atoms with Gasteiger partial charge in [-0.2, -0.15) is 4.31 Å². The van der Waals surface area contributed by atoms with Crippen LogP contribution in [0.1, 0.15) is 32.8 Å². The Kier molecular flexibility index (Phi) is 6.94. The highest BCUT2D eigenvalue weighted by Crippen LogP contribution is 2.30. The summed E-state index contributed by atoms with van der Waals surface area (Å²) in [5, 5.41) is 3.82. The maximum Gasteiger partial charge on any atom is 0.244 e. The van der Waals surface area contributed by atoms with Gasteiger partial charge in [-0.25, -0.2) is 8.42 Å². The van der Waals surface area contributed by atoms with Gasteiger partial charge in [0.05, 0.1) is 5.02 Å². The van der Waals surface area contributed by atoms with E-state index in [0.29, 0.717) is 11.6 Å². The smallest absolute Gasteiger partial charge is 0.244 e. The number of halogens is 2. The molecule has 0 fully saturated rings. The standard InChI is InChI=1S/C14H22Cl2N2O2S/c1-5-6-17-9-11-7-14(13(16)8-12(11)15)21(19,20)18(4)10(2)3/h7-8,10,17H,5-6,9H2,1-4H3. The van der Waals surface area contributed by atoms with Gasteiger partial charge in [-0.1, -0.05) is 30.1 Å². The molecule has 0 saturated heterocycles. The number of hydrogen-bond donors (Lipinski definition) is 1. The Labute approximate surface area is 137 Å². The van der Waals surface area contributed by atoms with Crippen molar-refractivity contribution in [2.45, 2.75) is 44.7 Å². The van der Waals surface area contributed by atoms with Crippen molar-refractivity contribution < 1.29 is 8.42 Å². The van der Waals surface area contributed by atoms with Gasteiger partial charge >= 0.3 is 0 Å². The van der Waals surface area contributed by atoms with Crippen molar-refractivity contribution in [3.05, 3.63) is 27.7 Å². The van der Waals surface area contributed by atoms with Gasteiger partial charge in [0.1, 0.15) is 4.90 Å². The van der Waals surface area contributed by atoms with Crippen molar-refractivity contribution in [3.63, 3.8) is 0 Å². The van der Waals surface area contributed by atoms with Crippen molar-refractivity contribution >= 4 is 33.2 Å². The first-order valence-corrected chi connectivity index (χ1v) is 9.08. The van der Waals surface area contributed by atoms with Crippen LogP contribution in [0, 0.1) is 0 Å². The molecule has 0 bridgehead atoms. The maximum atomic E-state index is 12.6. The third-order valence-electron chi connectivity index (χ3n) is 3.23. The molecular formula is C14H22Cl2N2O2S. The predicted octanol–water partition coefficient (Wildman–Crippen LogP) is 3.52. The highest BCUT2D eigenvalue weighted by atomic mass is 35.5. The average molecular weight is 353 g/mol. The molecule has 0 amide bonds. The molecule has 1 N–H and O–H groups in total. The minimum absolute atomic E-state index is 0.0954. The minimum atomic E-state index is -3.62. The fraction of sp³-hybridized carbons (Fsp3) is 0.571. The van der Waals surface area contributed by atoms with E-state index < -0.39 is 10.0 Å². The van der Waals surface area contributed by atoms with Crippen LogP contribution in [-0.4, -0.2) is 32.4 Å². The lowest BCUT2D eigenvalue weighted by atomic mass is 10.2. The van der Waals surface area contributed by atoms with Crippen molar-refractivity contribution in [3.8, 4) is 0 Å². The number of nitrogens with one attached hydrogen (secondary N) is 1. The Balaban J connectivity index is 3.21. The van der Waals surface area contributed by atoms with Crippen molar-refractivity contribution in [2.75, 3.05) is 13.6 Å². The van der Waals surface area contributed by atoms with E-state index in [1.807, 2.05) is 13.8 Å². The lowest BCUT2D eigenvalue weighted by Crippen LogP contribution is -2.33. The molecule has 120 valence electrons. The van der Waals surface area contributed by atoms with Crippen LogP contribution in [0.15, 0.2) is 17.0 Å². The van der Waals surface area contributed by atoms with E-state index >= 15 is 0 Å². The average Bonchev–Trinajstić information content (AvgIpc) is 2.40. The lowest BCUT2D eigenvalue weighted by molar-refractivity contribution is 0.410. The first-order valence-electron chi connectivity index (χ1n) is 6.88. The van der Waals surface area contributed by atoms with Crippen LogP contribution in [0.4, 0.5) is 0 Å². The molecule has 1 aromatic carbocycles. The van der Waals surface area contributed by atoms with E-state index in [4.69, 9.17) is 23.2 Å². The highest BCUT2D eigenvalue weighted by molar-refractivity contribution is 7.89. The number of hydrogen-bond acceptors (Lipinski definition) is 3. The molecule has 0 unspecified atom stereocenters. The zero-order chi connectivity index (χ0) is 16.2. The highest BCUT2D eigenvalue weighted by Gasteiger charge is 2.26. The maximum absolute atomic E-state index is 12.6. The summed E-state index contributed by atoms with van der Waals surface area (Å²) in [6.45, 7) is 7.03. The SMILES string of the molecule is CCCNCc1cc(S(=O)(=O)N(C)C(C)C)c(Cl)cc1Cl. The van der Waals surface area contributed by atoms with Crippen LogP contribution in [0.5, 0.6) is 0 Å². The van der Waals surface area contributed by atoms with Crippen LogP contribution in [0.25, 0.3) is 0 Å². The molecule has 0 radical (unpaired) electrons. The van der Waals surface area contributed by atoms with Crippen LogP contribution in [0.3, 0.4) is 0 Å². The summed E-state index contributed by atoms with van der Waals surface area (Å²) in [6.07, 6.45) is 0.993. The summed E-state index contributed by atoms with van der Waals surface area (Å²) in [7, 11) is -2.08. The molecular weight excluding hydrogens is 331 g/mol. The van der Waals surface area contributed by atoms with Gasteiger partial charge in [-0.15, -0.1) is 0 Å². The topological polar surface area (TPSA) is 49.4 Å². The van der Waals surface area contributed by atoms with Crippen molar-refractivity contribution in [1.29, 1.82) is 0 Å². The van der Waals surface area contributed by atoms with Crippen LogP contribution < -0.4 is 5.32 Å². The summed E-state index contributed by atoms with van der Waals surface area (Å²) in [4.78, 5) is 0.0954. The molecule has 0 spiro atoms. The summed E-state index contributed by atoms with van der Waals surface area (Å²) in [5.41, 5.74) is 0.727. The van der Waals surface area contributed by atoms with E-state index in [2.05, 4.69) is 12.2 Å². The monoisotopic (exact) mass is 352 g/mol. The van der Waals surface area contributed by atoms with Gasteiger partial charge in [0.2, 0.25) is 10.0 Å². The molecule has 0 heterocycles. The van der Waals surface area contributed by atoms with Gasteiger partial charge in [0.25, 0.3) is 0 Å². The molecule has 0 aliphatic heterocycles. The fourth-order valence-corrected chi connectivity index (χ4v) is 3.94. The third kappa shape index (κ3) is 4.57. The summed E-state index contributed by atoms with van der Waals surface area (Å²) in [6, 6.07) is 2.90. The van der Waals surface area contributed by atoms with Crippen LogP contribution in [-0.2, 0) is 16.6 Å². The van der Waals surface area contributed by atoms with Crippen molar-refractivity contribution in [1.82, 2.24) is 9.62 Å². The van der Waals surface area contributed by atoms with E-state index in [1.165, 1.54) is 10.4 Å². The van der Waals surface area contributed by atoms with Gasteiger partial charge in [-0.05, 0) is 44.5 Å². The molecule has 1 rings (SSSR count). The Morgan fingerprint density at radius 2 is 1.86 bits per heavy atom. The van der Waals surface area contributed by atoms with Gasteiger partial charge in [-0.3, -0.25) is 0 Å². The number of benzene rings is 1. The van der Waals surface area contributed by atoms with Crippen LogP contribution >= 0.6 is 23.2 Å². The molecule has 0 aliphatic rings. The van der Waals surface area contributed by atoms with Gasteiger partial charge in [0.15, 0.2) is 0 Å². The molecule has 7 heteroatoms. The van der Waals surface area contributed by atoms with Crippen LogP contribution in [0.2, 0.25) is 10.0 Å². The molecule has 1 aromatic rings. The predicted molar refractivity (Wildman–Crippen MR) is 88.5 cm³/mol. The van der Waals surface area contributed by atoms with E-state index in [1.54, 1.807) is 13.1 Å². The summed E-state index contributed by atoms with van der Waals surface area (Å²) < 4.78 is 26.4. The molecule has 4 nitrogen and oxygen atoms in total. The molecule has 0 aromatic heterocycles. The number of sulfonamides is 1. The molecule has 0 aliphatic carbocycles. The Bertz CT molecular complexity index is 589. The Morgan fingerprint density at radius 1 is 1.24 bits per heavy atom. The minimum Gasteiger partial charge on any atom is -0.313 e. The zero-order valence-electron chi connectivity index (χ0n) is 12.8. The molecule has 0 saturated carbocycles. The molecule has 21 heavy (non-hydrogen) atoms. The van der Waals surface area contributed by atoms with E-state index in [-0.39, 0.29) is 16.0 Å². The second kappa shape index (κ2) is 7.79. The summed E-state index contributed by atoms with van der Waals surface area (Å²) >= 11 is 12.2.